The number of phenolic OH excluding ortho intramolecular Hbond substituents is 1. The highest BCUT2D eigenvalue weighted by atomic mass is 35.5. The van der Waals surface area contributed by atoms with Crippen LogP contribution in [0, 0.1) is 0 Å². The van der Waals surface area contributed by atoms with E-state index in [4.69, 9.17) is 11.6 Å². The minimum Gasteiger partial charge on any atom is -0.508 e. The van der Waals surface area contributed by atoms with Gasteiger partial charge in [-0.15, -0.1) is 0 Å². The van der Waals surface area contributed by atoms with Gasteiger partial charge < -0.3 is 15.5 Å². The van der Waals surface area contributed by atoms with Gasteiger partial charge in [0.2, 0.25) is 0 Å². The molecule has 0 aliphatic heterocycles. The monoisotopic (exact) mass is 277 g/mol. The van der Waals surface area contributed by atoms with Gasteiger partial charge in [-0.05, 0) is 48.9 Å². The Bertz CT molecular complexity index is 539. The summed E-state index contributed by atoms with van der Waals surface area (Å²) in [5.41, 5.74) is 1.14. The molecule has 2 aromatic rings. The third-order valence-corrected chi connectivity index (χ3v) is 3.34. The van der Waals surface area contributed by atoms with Crippen LogP contribution in [0.2, 0.25) is 5.02 Å². The molecule has 0 aliphatic carbocycles. The van der Waals surface area contributed by atoms with Gasteiger partial charge in [0.15, 0.2) is 0 Å². The topological polar surface area (TPSA) is 52.5 Å². The fraction of sp³-hybridized carbons (Fsp3) is 0.200. The van der Waals surface area contributed by atoms with E-state index in [0.717, 1.165) is 11.3 Å². The molecule has 0 aromatic heterocycles. The van der Waals surface area contributed by atoms with Crippen molar-refractivity contribution < 1.29 is 10.2 Å². The molecule has 0 aliphatic rings. The van der Waals surface area contributed by atoms with Crippen molar-refractivity contribution in [2.24, 2.45) is 0 Å². The Hall–Kier alpha value is -1.71. The van der Waals surface area contributed by atoms with Gasteiger partial charge in [0.1, 0.15) is 5.75 Å². The fourth-order valence-corrected chi connectivity index (χ4v) is 2.01. The number of aromatic hydroxyl groups is 1. The maximum atomic E-state index is 9.67. The standard InChI is InChI=1S/C15H16ClNO2/c1-15(10-18,11-2-8-14(19)9-3-11)17-13-6-4-12(16)5-7-13/h2-9,17-19H,10H2,1H3. The van der Waals surface area contributed by atoms with Crippen molar-refractivity contribution in [2.75, 3.05) is 11.9 Å². The summed E-state index contributed by atoms with van der Waals surface area (Å²) in [5.74, 6) is 0.204. The SMILES string of the molecule is CC(CO)(Nc1ccc(Cl)cc1)c1ccc(O)cc1. The fourth-order valence-electron chi connectivity index (χ4n) is 1.88. The van der Waals surface area contributed by atoms with E-state index in [0.29, 0.717) is 5.02 Å². The van der Waals surface area contributed by atoms with E-state index < -0.39 is 5.54 Å². The van der Waals surface area contributed by atoms with E-state index in [1.54, 1.807) is 36.4 Å². The molecule has 1 atom stereocenters. The molecule has 100 valence electrons. The number of halogens is 1. The number of phenols is 1. The predicted molar refractivity (Wildman–Crippen MR) is 77.6 cm³/mol. The zero-order valence-corrected chi connectivity index (χ0v) is 11.4. The van der Waals surface area contributed by atoms with Crippen molar-refractivity contribution in [2.45, 2.75) is 12.5 Å². The van der Waals surface area contributed by atoms with E-state index >= 15 is 0 Å². The molecule has 0 bridgehead atoms. The highest BCUT2D eigenvalue weighted by Gasteiger charge is 2.25. The van der Waals surface area contributed by atoms with Gasteiger partial charge in [-0.2, -0.15) is 0 Å². The number of nitrogens with one attached hydrogen (secondary N) is 1. The van der Waals surface area contributed by atoms with E-state index in [-0.39, 0.29) is 12.4 Å². The molecule has 0 amide bonds. The lowest BCUT2D eigenvalue weighted by Crippen LogP contribution is -2.35. The van der Waals surface area contributed by atoms with Crippen LogP contribution in [0.1, 0.15) is 12.5 Å². The normalized spacial score (nSPS) is 13.8. The Labute approximate surface area is 117 Å². The van der Waals surface area contributed by atoms with Crippen LogP contribution >= 0.6 is 11.6 Å². The molecule has 0 heterocycles. The first-order valence-electron chi connectivity index (χ1n) is 5.98. The Morgan fingerprint density at radius 1 is 1.05 bits per heavy atom. The number of anilines is 1. The van der Waals surface area contributed by atoms with Crippen molar-refractivity contribution >= 4 is 17.3 Å². The first kappa shape index (κ1) is 13.7. The lowest BCUT2D eigenvalue weighted by Gasteiger charge is -2.30. The van der Waals surface area contributed by atoms with Crippen molar-refractivity contribution in [1.29, 1.82) is 0 Å². The molecule has 0 saturated heterocycles. The molecular weight excluding hydrogens is 262 g/mol. The lowest BCUT2D eigenvalue weighted by atomic mass is 9.92. The second kappa shape index (κ2) is 5.51. The van der Waals surface area contributed by atoms with E-state index in [1.807, 2.05) is 19.1 Å². The number of hydrogen-bond donors (Lipinski definition) is 3. The predicted octanol–water partition coefficient (Wildman–Crippen LogP) is 3.37. The molecule has 0 spiro atoms. The van der Waals surface area contributed by atoms with Crippen molar-refractivity contribution in [3.05, 3.63) is 59.1 Å². The van der Waals surface area contributed by atoms with Crippen LogP contribution in [-0.2, 0) is 5.54 Å². The summed E-state index contributed by atoms with van der Waals surface area (Å²) >= 11 is 5.85. The van der Waals surface area contributed by atoms with Gasteiger partial charge in [-0.25, -0.2) is 0 Å². The lowest BCUT2D eigenvalue weighted by molar-refractivity contribution is 0.224. The minimum absolute atomic E-state index is 0.0690. The van der Waals surface area contributed by atoms with E-state index in [1.165, 1.54) is 0 Å². The summed E-state index contributed by atoms with van der Waals surface area (Å²) < 4.78 is 0. The van der Waals surface area contributed by atoms with Crippen LogP contribution in [0.15, 0.2) is 48.5 Å². The number of hydrogen-bond acceptors (Lipinski definition) is 3. The Balaban J connectivity index is 2.27. The first-order chi connectivity index (χ1) is 9.03. The van der Waals surface area contributed by atoms with Gasteiger partial charge >= 0.3 is 0 Å². The third kappa shape index (κ3) is 3.19. The molecule has 19 heavy (non-hydrogen) atoms. The summed E-state index contributed by atoms with van der Waals surface area (Å²) in [7, 11) is 0. The molecule has 3 N–H and O–H groups in total. The summed E-state index contributed by atoms with van der Waals surface area (Å²) in [6.07, 6.45) is 0. The average Bonchev–Trinajstić information content (AvgIpc) is 2.42. The summed E-state index contributed by atoms with van der Waals surface area (Å²) in [6.45, 7) is 1.83. The van der Waals surface area contributed by atoms with Crippen LogP contribution in [0.25, 0.3) is 0 Å². The molecule has 0 radical (unpaired) electrons. The van der Waals surface area contributed by atoms with Crippen molar-refractivity contribution in [3.8, 4) is 5.75 Å². The van der Waals surface area contributed by atoms with Gasteiger partial charge in [0.05, 0.1) is 12.1 Å². The van der Waals surface area contributed by atoms with Crippen molar-refractivity contribution in [3.63, 3.8) is 0 Å². The molecule has 0 saturated carbocycles. The van der Waals surface area contributed by atoms with E-state index in [2.05, 4.69) is 5.32 Å². The largest absolute Gasteiger partial charge is 0.508 e. The maximum absolute atomic E-state index is 9.67. The Morgan fingerprint density at radius 3 is 2.16 bits per heavy atom. The molecular formula is C15H16ClNO2. The van der Waals surface area contributed by atoms with Crippen LogP contribution in [0.3, 0.4) is 0 Å². The van der Waals surface area contributed by atoms with Crippen LogP contribution in [0.4, 0.5) is 5.69 Å². The van der Waals surface area contributed by atoms with Gasteiger partial charge in [0.25, 0.3) is 0 Å². The second-order valence-electron chi connectivity index (χ2n) is 4.67. The van der Waals surface area contributed by atoms with E-state index in [9.17, 15) is 10.2 Å². The second-order valence-corrected chi connectivity index (χ2v) is 5.11. The van der Waals surface area contributed by atoms with Crippen LogP contribution in [0.5, 0.6) is 5.75 Å². The highest BCUT2D eigenvalue weighted by molar-refractivity contribution is 6.30. The number of rotatable bonds is 4. The zero-order chi connectivity index (χ0) is 13.9. The number of benzene rings is 2. The van der Waals surface area contributed by atoms with Gasteiger partial charge in [-0.3, -0.25) is 0 Å². The summed E-state index contributed by atoms with van der Waals surface area (Å²) in [6, 6.07) is 14.1. The van der Waals surface area contributed by atoms with Crippen LogP contribution < -0.4 is 5.32 Å². The highest BCUT2D eigenvalue weighted by Crippen LogP contribution is 2.27. The summed E-state index contributed by atoms with van der Waals surface area (Å²) in [5, 5.41) is 22.9. The Morgan fingerprint density at radius 2 is 1.63 bits per heavy atom. The molecule has 4 heteroatoms. The zero-order valence-electron chi connectivity index (χ0n) is 10.6. The maximum Gasteiger partial charge on any atom is 0.115 e. The quantitative estimate of drug-likeness (QED) is 0.803. The molecule has 2 rings (SSSR count). The number of aliphatic hydroxyl groups excluding tert-OH is 1. The number of aliphatic hydroxyl groups is 1. The molecule has 1 unspecified atom stereocenters. The van der Waals surface area contributed by atoms with Gasteiger partial charge in [0, 0.05) is 10.7 Å². The third-order valence-electron chi connectivity index (χ3n) is 3.09. The van der Waals surface area contributed by atoms with Crippen LogP contribution in [-0.4, -0.2) is 16.8 Å². The smallest absolute Gasteiger partial charge is 0.115 e. The molecule has 3 nitrogen and oxygen atoms in total. The van der Waals surface area contributed by atoms with Gasteiger partial charge in [-0.1, -0.05) is 23.7 Å². The van der Waals surface area contributed by atoms with Crippen molar-refractivity contribution in [1.82, 2.24) is 0 Å². The minimum atomic E-state index is -0.623. The molecule has 2 aromatic carbocycles. The summed E-state index contributed by atoms with van der Waals surface area (Å²) in [4.78, 5) is 0. The first-order valence-corrected chi connectivity index (χ1v) is 6.35. The Kier molecular flexibility index (Phi) is 3.98. The average molecular weight is 278 g/mol. The molecule has 0 fully saturated rings.